The number of nitrogens with zero attached hydrogens (tertiary/aromatic N) is 1. The molecule has 4 aliphatic rings. The molecule has 3 heteroatoms. The molecule has 0 aliphatic heterocycles. The van der Waals surface area contributed by atoms with Gasteiger partial charge >= 0.3 is 0 Å². The van der Waals surface area contributed by atoms with Crippen LogP contribution in [-0.2, 0) is 0 Å². The summed E-state index contributed by atoms with van der Waals surface area (Å²) in [6.45, 7) is 0. The van der Waals surface area contributed by atoms with Gasteiger partial charge in [0.05, 0.1) is 6.20 Å². The summed E-state index contributed by atoms with van der Waals surface area (Å²) in [7, 11) is 0. The van der Waals surface area contributed by atoms with Gasteiger partial charge in [-0.3, -0.25) is 0 Å². The van der Waals surface area contributed by atoms with Crippen LogP contribution >= 0.6 is 0 Å². The Balaban J connectivity index is 1.69. The fourth-order valence-electron chi connectivity index (χ4n) is 4.95. The molecule has 3 nitrogen and oxygen atoms in total. The average molecular weight is 217 g/mol. The van der Waals surface area contributed by atoms with Crippen molar-refractivity contribution in [3.05, 3.63) is 11.9 Å². The van der Waals surface area contributed by atoms with Gasteiger partial charge in [0.2, 0.25) is 0 Å². The summed E-state index contributed by atoms with van der Waals surface area (Å²) in [5.41, 5.74) is 7.02. The Labute approximate surface area is 95.8 Å². The number of H-pyrrole nitrogens is 1. The molecule has 0 radical (unpaired) electrons. The largest absolute Gasteiger partial charge is 0.369 e. The number of nitrogen functional groups attached to an aromatic ring is 1. The number of aromatic nitrogens is 2. The molecule has 0 unspecified atom stereocenters. The second kappa shape index (κ2) is 3.02. The maximum Gasteiger partial charge on any atom is 0.197 e. The number of anilines is 1. The predicted octanol–water partition coefficient (Wildman–Crippen LogP) is 2.53. The van der Waals surface area contributed by atoms with Gasteiger partial charge in [0.25, 0.3) is 0 Å². The zero-order valence-electron chi connectivity index (χ0n) is 9.52. The third-order valence-electron chi connectivity index (χ3n) is 5.20. The van der Waals surface area contributed by atoms with Crippen molar-refractivity contribution in [3.63, 3.8) is 0 Å². The van der Waals surface area contributed by atoms with Gasteiger partial charge in [0.1, 0.15) is 0 Å². The van der Waals surface area contributed by atoms with Gasteiger partial charge in [-0.05, 0) is 55.8 Å². The minimum absolute atomic E-state index is 0.587. The van der Waals surface area contributed by atoms with Gasteiger partial charge in [-0.15, -0.1) is 0 Å². The topological polar surface area (TPSA) is 54.7 Å². The van der Waals surface area contributed by atoms with Crippen molar-refractivity contribution in [2.24, 2.45) is 23.7 Å². The summed E-state index contributed by atoms with van der Waals surface area (Å²) in [6.07, 6.45) is 9.31. The van der Waals surface area contributed by atoms with E-state index in [4.69, 9.17) is 5.73 Å². The van der Waals surface area contributed by atoms with E-state index < -0.39 is 0 Å². The van der Waals surface area contributed by atoms with E-state index in [0.717, 1.165) is 29.6 Å². The van der Waals surface area contributed by atoms with Crippen molar-refractivity contribution >= 4 is 5.95 Å². The summed E-state index contributed by atoms with van der Waals surface area (Å²) < 4.78 is 0. The second-order valence-corrected chi connectivity index (χ2v) is 6.18. The molecule has 0 atom stereocenters. The van der Waals surface area contributed by atoms with Crippen LogP contribution in [0.15, 0.2) is 6.20 Å². The van der Waals surface area contributed by atoms with E-state index in [0.29, 0.717) is 5.95 Å². The maximum absolute atomic E-state index is 5.71. The van der Waals surface area contributed by atoms with E-state index in [-0.39, 0.29) is 0 Å². The number of aromatic amines is 1. The fourth-order valence-corrected chi connectivity index (χ4v) is 4.95. The molecule has 86 valence electrons. The first kappa shape index (κ1) is 9.08. The van der Waals surface area contributed by atoms with Crippen LogP contribution in [0.25, 0.3) is 0 Å². The van der Waals surface area contributed by atoms with Crippen LogP contribution in [0.4, 0.5) is 5.95 Å². The van der Waals surface area contributed by atoms with E-state index in [2.05, 4.69) is 9.97 Å². The molecule has 0 amide bonds. The van der Waals surface area contributed by atoms with Crippen molar-refractivity contribution < 1.29 is 0 Å². The molecule has 0 aromatic carbocycles. The average Bonchev–Trinajstić information content (AvgIpc) is 2.63. The van der Waals surface area contributed by atoms with Crippen LogP contribution in [0.3, 0.4) is 0 Å². The van der Waals surface area contributed by atoms with Crippen molar-refractivity contribution in [3.8, 4) is 0 Å². The molecule has 5 rings (SSSR count). The summed E-state index contributed by atoms with van der Waals surface area (Å²) in [5, 5.41) is 0. The Kier molecular flexibility index (Phi) is 1.72. The summed E-state index contributed by atoms with van der Waals surface area (Å²) >= 11 is 0. The first-order valence-electron chi connectivity index (χ1n) is 6.60. The smallest absolute Gasteiger partial charge is 0.197 e. The third-order valence-corrected chi connectivity index (χ3v) is 5.20. The molecule has 4 aliphatic carbocycles. The van der Waals surface area contributed by atoms with Gasteiger partial charge < -0.3 is 10.7 Å². The lowest BCUT2D eigenvalue weighted by Gasteiger charge is -2.54. The number of rotatable bonds is 1. The molecule has 4 fully saturated rings. The Bertz CT molecular complexity index is 381. The third kappa shape index (κ3) is 1.17. The number of nitrogens with two attached hydrogens (primary N) is 1. The van der Waals surface area contributed by atoms with Gasteiger partial charge in [0, 0.05) is 11.6 Å². The first-order valence-corrected chi connectivity index (χ1v) is 6.60. The fraction of sp³-hybridized carbons (Fsp3) is 0.769. The normalized spacial score (nSPS) is 45.1. The van der Waals surface area contributed by atoms with Gasteiger partial charge in [-0.25, -0.2) is 4.98 Å². The lowest BCUT2D eigenvalue weighted by atomic mass is 9.51. The standard InChI is InChI=1S/C13H19N3/c14-13-15-6-11(16-13)12-9-2-7-1-8(4-9)5-10(12)3-7/h6-10,12H,1-5H2,(H3,14,15,16). The number of imidazole rings is 1. The van der Waals surface area contributed by atoms with E-state index >= 15 is 0 Å². The highest BCUT2D eigenvalue weighted by Gasteiger charge is 2.49. The summed E-state index contributed by atoms with van der Waals surface area (Å²) in [5.74, 6) is 5.23. The molecule has 1 aromatic heterocycles. The molecule has 0 saturated heterocycles. The van der Waals surface area contributed by atoms with Crippen molar-refractivity contribution in [2.75, 3.05) is 5.73 Å². The van der Waals surface area contributed by atoms with Crippen molar-refractivity contribution in [1.82, 2.24) is 9.97 Å². The Morgan fingerprint density at radius 1 is 1.06 bits per heavy atom. The Hall–Kier alpha value is -0.990. The molecule has 4 bridgehead atoms. The Morgan fingerprint density at radius 2 is 1.69 bits per heavy atom. The van der Waals surface area contributed by atoms with Crippen LogP contribution in [0.1, 0.15) is 43.7 Å². The van der Waals surface area contributed by atoms with Crippen molar-refractivity contribution in [1.29, 1.82) is 0 Å². The zero-order valence-corrected chi connectivity index (χ0v) is 9.52. The SMILES string of the molecule is Nc1ncc(C2C3CC4CC(C3)CC2C4)[nH]1. The molecule has 1 heterocycles. The highest BCUT2D eigenvalue weighted by Crippen LogP contribution is 2.59. The minimum Gasteiger partial charge on any atom is -0.369 e. The summed E-state index contributed by atoms with van der Waals surface area (Å²) in [6, 6.07) is 0. The van der Waals surface area contributed by atoms with E-state index in [9.17, 15) is 0 Å². The van der Waals surface area contributed by atoms with Gasteiger partial charge in [0.15, 0.2) is 5.95 Å². The highest BCUT2D eigenvalue weighted by atomic mass is 15.0. The van der Waals surface area contributed by atoms with Crippen LogP contribution in [0, 0.1) is 23.7 Å². The second-order valence-electron chi connectivity index (χ2n) is 6.18. The first-order chi connectivity index (χ1) is 7.79. The summed E-state index contributed by atoms with van der Waals surface area (Å²) in [4.78, 5) is 7.44. The van der Waals surface area contributed by atoms with Gasteiger partial charge in [-0.1, -0.05) is 0 Å². The quantitative estimate of drug-likeness (QED) is 0.759. The minimum atomic E-state index is 0.587. The van der Waals surface area contributed by atoms with E-state index in [1.54, 1.807) is 0 Å². The maximum atomic E-state index is 5.71. The van der Waals surface area contributed by atoms with E-state index in [1.807, 2.05) is 6.20 Å². The number of hydrogen-bond acceptors (Lipinski definition) is 2. The molecular formula is C13H19N3. The number of nitrogens with one attached hydrogen (secondary N) is 1. The predicted molar refractivity (Wildman–Crippen MR) is 62.8 cm³/mol. The van der Waals surface area contributed by atoms with Crippen LogP contribution in [0.2, 0.25) is 0 Å². The molecule has 4 saturated carbocycles. The van der Waals surface area contributed by atoms with E-state index in [1.165, 1.54) is 37.8 Å². The van der Waals surface area contributed by atoms with Crippen LogP contribution < -0.4 is 5.73 Å². The molecular weight excluding hydrogens is 198 g/mol. The molecule has 0 spiro atoms. The van der Waals surface area contributed by atoms with Crippen LogP contribution in [0.5, 0.6) is 0 Å². The highest BCUT2D eigenvalue weighted by molar-refractivity contribution is 5.24. The lowest BCUT2D eigenvalue weighted by Crippen LogP contribution is -2.43. The Morgan fingerprint density at radius 3 is 2.19 bits per heavy atom. The van der Waals surface area contributed by atoms with Crippen molar-refractivity contribution in [2.45, 2.75) is 38.0 Å². The molecule has 16 heavy (non-hydrogen) atoms. The monoisotopic (exact) mass is 217 g/mol. The molecule has 1 aromatic rings. The van der Waals surface area contributed by atoms with Gasteiger partial charge in [-0.2, -0.15) is 0 Å². The zero-order chi connectivity index (χ0) is 10.7. The lowest BCUT2D eigenvalue weighted by molar-refractivity contribution is -0.00400. The van der Waals surface area contributed by atoms with Crippen LogP contribution in [-0.4, -0.2) is 9.97 Å². The molecule has 3 N–H and O–H groups in total. The number of hydrogen-bond donors (Lipinski definition) is 2.